The Morgan fingerprint density at radius 3 is 2.83 bits per heavy atom. The molecule has 0 spiro atoms. The van der Waals surface area contributed by atoms with Crippen LogP contribution < -0.4 is 5.32 Å². The Hall–Kier alpha value is -3.12. The van der Waals surface area contributed by atoms with Crippen molar-refractivity contribution in [3.8, 4) is 5.69 Å². The molecule has 1 amide bonds. The first-order chi connectivity index (χ1) is 11.8. The molecule has 3 rings (SSSR count). The highest BCUT2D eigenvalue weighted by Gasteiger charge is 2.14. The lowest BCUT2D eigenvalue weighted by Crippen LogP contribution is -2.28. The van der Waals surface area contributed by atoms with Crippen LogP contribution in [0.4, 0.5) is 0 Å². The van der Waals surface area contributed by atoms with E-state index in [0.29, 0.717) is 5.76 Å². The molecule has 2 heterocycles. The summed E-state index contributed by atoms with van der Waals surface area (Å²) in [6.45, 7) is -0.237. The minimum Gasteiger partial charge on any atom is -0.467 e. The van der Waals surface area contributed by atoms with Gasteiger partial charge in [-0.2, -0.15) is 5.10 Å². The van der Waals surface area contributed by atoms with E-state index < -0.39 is 6.04 Å². The highest BCUT2D eigenvalue weighted by molar-refractivity contribution is 5.91. The molecular weight excluding hydrogens is 306 g/mol. The molecule has 0 saturated heterocycles. The highest BCUT2D eigenvalue weighted by Crippen LogP contribution is 2.13. The topological polar surface area (TPSA) is 80.3 Å². The number of aliphatic hydroxyl groups excluding tert-OH is 1. The van der Waals surface area contributed by atoms with Gasteiger partial charge in [0.05, 0.1) is 24.8 Å². The molecule has 0 saturated carbocycles. The van der Waals surface area contributed by atoms with Crippen molar-refractivity contribution >= 4 is 12.0 Å². The molecule has 0 aliphatic rings. The normalized spacial score (nSPS) is 12.4. The molecule has 0 aliphatic carbocycles. The Bertz CT molecular complexity index is 807. The second kappa shape index (κ2) is 7.43. The number of hydrogen-bond acceptors (Lipinski definition) is 4. The molecule has 0 aliphatic heterocycles. The molecule has 1 unspecified atom stereocenters. The largest absolute Gasteiger partial charge is 0.467 e. The second-order valence-electron chi connectivity index (χ2n) is 5.15. The van der Waals surface area contributed by atoms with E-state index in [4.69, 9.17) is 4.42 Å². The van der Waals surface area contributed by atoms with Gasteiger partial charge >= 0.3 is 0 Å². The van der Waals surface area contributed by atoms with E-state index in [1.165, 1.54) is 12.3 Å². The molecular formula is C18H17N3O3. The first-order valence-corrected chi connectivity index (χ1v) is 7.49. The van der Waals surface area contributed by atoms with Gasteiger partial charge in [-0.1, -0.05) is 18.2 Å². The summed E-state index contributed by atoms with van der Waals surface area (Å²) >= 11 is 0. The van der Waals surface area contributed by atoms with Crippen LogP contribution in [0.15, 0.2) is 71.6 Å². The number of carbonyl (C=O) groups excluding carboxylic acids is 1. The third-order valence-corrected chi connectivity index (χ3v) is 3.44. The van der Waals surface area contributed by atoms with Crippen LogP contribution in [0, 0.1) is 0 Å². The summed E-state index contributed by atoms with van der Waals surface area (Å²) in [5.41, 5.74) is 1.74. The van der Waals surface area contributed by atoms with Gasteiger partial charge in [0.1, 0.15) is 11.8 Å². The summed E-state index contributed by atoms with van der Waals surface area (Å²) in [5, 5.41) is 16.3. The van der Waals surface area contributed by atoms with Gasteiger partial charge in [0, 0.05) is 17.8 Å². The molecule has 0 radical (unpaired) electrons. The van der Waals surface area contributed by atoms with E-state index in [1.807, 2.05) is 36.5 Å². The van der Waals surface area contributed by atoms with Crippen LogP contribution in [0.25, 0.3) is 11.8 Å². The van der Waals surface area contributed by atoms with Gasteiger partial charge in [-0.05, 0) is 30.3 Å². The molecule has 0 bridgehead atoms. The molecule has 122 valence electrons. The molecule has 2 aromatic heterocycles. The van der Waals surface area contributed by atoms with Gasteiger partial charge in [0.15, 0.2) is 0 Å². The van der Waals surface area contributed by atoms with Gasteiger partial charge in [0.25, 0.3) is 0 Å². The minimum atomic E-state index is -0.566. The van der Waals surface area contributed by atoms with E-state index in [0.717, 1.165) is 11.3 Å². The van der Waals surface area contributed by atoms with Gasteiger partial charge in [-0.15, -0.1) is 0 Å². The fourth-order valence-corrected chi connectivity index (χ4v) is 2.23. The van der Waals surface area contributed by atoms with Crippen molar-refractivity contribution in [3.05, 3.63) is 78.5 Å². The van der Waals surface area contributed by atoms with Crippen molar-refractivity contribution in [1.82, 2.24) is 15.1 Å². The predicted octanol–water partition coefficient (Wildman–Crippen LogP) is 2.33. The first kappa shape index (κ1) is 15.8. The van der Waals surface area contributed by atoms with Crippen LogP contribution >= 0.6 is 0 Å². The lowest BCUT2D eigenvalue weighted by molar-refractivity contribution is -0.117. The zero-order valence-corrected chi connectivity index (χ0v) is 12.9. The van der Waals surface area contributed by atoms with Gasteiger partial charge in [-0.3, -0.25) is 4.79 Å². The lowest BCUT2D eigenvalue weighted by atomic mass is 10.2. The number of hydrogen-bond donors (Lipinski definition) is 2. The van der Waals surface area contributed by atoms with E-state index >= 15 is 0 Å². The van der Waals surface area contributed by atoms with Crippen molar-refractivity contribution in [3.63, 3.8) is 0 Å². The highest BCUT2D eigenvalue weighted by atomic mass is 16.3. The number of aromatic nitrogens is 2. The Morgan fingerprint density at radius 1 is 1.29 bits per heavy atom. The van der Waals surface area contributed by atoms with Crippen LogP contribution in [-0.4, -0.2) is 27.4 Å². The van der Waals surface area contributed by atoms with Gasteiger partial charge < -0.3 is 14.8 Å². The summed E-state index contributed by atoms with van der Waals surface area (Å²) in [5.74, 6) is 0.189. The van der Waals surface area contributed by atoms with Crippen molar-refractivity contribution in [2.75, 3.05) is 6.61 Å². The van der Waals surface area contributed by atoms with Crippen LogP contribution in [0.5, 0.6) is 0 Å². The number of rotatable bonds is 6. The second-order valence-corrected chi connectivity index (χ2v) is 5.15. The van der Waals surface area contributed by atoms with E-state index in [2.05, 4.69) is 10.4 Å². The number of furan rings is 1. The summed E-state index contributed by atoms with van der Waals surface area (Å²) in [4.78, 5) is 12.0. The zero-order chi connectivity index (χ0) is 16.8. The number of nitrogens with one attached hydrogen (secondary N) is 1. The minimum absolute atomic E-state index is 0.237. The van der Waals surface area contributed by atoms with Crippen molar-refractivity contribution in [2.45, 2.75) is 6.04 Å². The van der Waals surface area contributed by atoms with Crippen molar-refractivity contribution in [2.24, 2.45) is 0 Å². The number of amides is 1. The van der Waals surface area contributed by atoms with E-state index in [1.54, 1.807) is 29.1 Å². The summed E-state index contributed by atoms with van der Waals surface area (Å²) in [6, 6.07) is 12.5. The monoisotopic (exact) mass is 323 g/mol. The third-order valence-electron chi connectivity index (χ3n) is 3.44. The smallest absolute Gasteiger partial charge is 0.244 e. The Morgan fingerprint density at radius 2 is 2.12 bits per heavy atom. The first-order valence-electron chi connectivity index (χ1n) is 7.49. The molecule has 3 aromatic rings. The zero-order valence-electron chi connectivity index (χ0n) is 12.9. The van der Waals surface area contributed by atoms with Gasteiger partial charge in [0.2, 0.25) is 5.91 Å². The quantitative estimate of drug-likeness (QED) is 0.682. The van der Waals surface area contributed by atoms with Crippen LogP contribution in [0.1, 0.15) is 17.4 Å². The number of aliphatic hydroxyl groups is 1. The van der Waals surface area contributed by atoms with E-state index in [-0.39, 0.29) is 12.5 Å². The summed E-state index contributed by atoms with van der Waals surface area (Å²) in [6.07, 6.45) is 8.07. The van der Waals surface area contributed by atoms with Crippen LogP contribution in [-0.2, 0) is 4.79 Å². The number of nitrogens with zero attached hydrogens (tertiary/aromatic N) is 2. The van der Waals surface area contributed by atoms with Crippen molar-refractivity contribution < 1.29 is 14.3 Å². The Balaban J connectivity index is 1.63. The standard InChI is InChI=1S/C18H17N3O3/c22-13-16(17-7-4-10-24-17)20-18(23)9-8-14-11-19-21(12-14)15-5-2-1-3-6-15/h1-12,16,22H,13H2,(H,20,23)/b9-8+. The van der Waals surface area contributed by atoms with E-state index in [9.17, 15) is 9.90 Å². The average molecular weight is 323 g/mol. The predicted molar refractivity (Wildman–Crippen MR) is 89.3 cm³/mol. The average Bonchev–Trinajstić information content (AvgIpc) is 3.30. The molecule has 24 heavy (non-hydrogen) atoms. The molecule has 1 atom stereocenters. The molecule has 2 N–H and O–H groups in total. The van der Waals surface area contributed by atoms with Crippen LogP contribution in [0.2, 0.25) is 0 Å². The molecule has 6 heteroatoms. The maximum atomic E-state index is 12.0. The fraction of sp³-hybridized carbons (Fsp3) is 0.111. The van der Waals surface area contributed by atoms with Crippen molar-refractivity contribution in [1.29, 1.82) is 0 Å². The molecule has 6 nitrogen and oxygen atoms in total. The maximum absolute atomic E-state index is 12.0. The number of benzene rings is 1. The summed E-state index contributed by atoms with van der Waals surface area (Å²) in [7, 11) is 0. The maximum Gasteiger partial charge on any atom is 0.244 e. The molecule has 0 fully saturated rings. The Kier molecular flexibility index (Phi) is 4.88. The fourth-order valence-electron chi connectivity index (χ4n) is 2.23. The SMILES string of the molecule is O=C(/C=C/c1cnn(-c2ccccc2)c1)NC(CO)c1ccco1. The van der Waals surface area contributed by atoms with Gasteiger partial charge in [-0.25, -0.2) is 4.68 Å². The Labute approximate surface area is 139 Å². The van der Waals surface area contributed by atoms with Crippen LogP contribution in [0.3, 0.4) is 0 Å². The molecule has 1 aromatic carbocycles. The summed E-state index contributed by atoms with van der Waals surface area (Å²) < 4.78 is 6.92. The lowest BCUT2D eigenvalue weighted by Gasteiger charge is -2.11. The number of para-hydroxylation sites is 1. The number of carbonyl (C=O) groups is 1. The third kappa shape index (κ3) is 3.80.